The number of nitrogens with one attached hydrogen (secondary N) is 1. The van der Waals surface area contributed by atoms with Gasteiger partial charge in [-0.15, -0.1) is 0 Å². The van der Waals surface area contributed by atoms with Gasteiger partial charge in [0.2, 0.25) is 5.91 Å². The van der Waals surface area contributed by atoms with Crippen LogP contribution in [0.25, 0.3) is 0 Å². The van der Waals surface area contributed by atoms with Gasteiger partial charge in [0.05, 0.1) is 25.2 Å². The average Bonchev–Trinajstić information content (AvgIpc) is 3.28. The van der Waals surface area contributed by atoms with Crippen LogP contribution in [-0.2, 0) is 14.3 Å². The third-order valence-electron chi connectivity index (χ3n) is 13.3. The molecule has 3 N–H and O–H groups in total. The van der Waals surface area contributed by atoms with Gasteiger partial charge in [0, 0.05) is 6.42 Å². The fraction of sp³-hybridized carbons (Fsp3) is 0.930. The summed E-state index contributed by atoms with van der Waals surface area (Å²) in [6.45, 7) is 6.51. The third-order valence-corrected chi connectivity index (χ3v) is 13.3. The highest BCUT2D eigenvalue weighted by Crippen LogP contribution is 2.19. The summed E-state index contributed by atoms with van der Waals surface area (Å²) in [5, 5.41) is 23.9. The lowest BCUT2D eigenvalue weighted by molar-refractivity contribution is -0.151. The van der Waals surface area contributed by atoms with E-state index in [9.17, 15) is 19.8 Å². The summed E-state index contributed by atoms with van der Waals surface area (Å²) in [5.74, 6) is -0.459. The molecular weight excluding hydrogens is 779 g/mol. The highest BCUT2D eigenvalue weighted by atomic mass is 16.5. The molecule has 0 bridgehead atoms. The Kier molecular flexibility index (Phi) is 50.4. The van der Waals surface area contributed by atoms with Crippen molar-refractivity contribution in [2.24, 2.45) is 0 Å². The number of rotatable bonds is 52. The van der Waals surface area contributed by atoms with E-state index in [2.05, 4.69) is 38.2 Å². The molecule has 0 aliphatic rings. The SMILES string of the molecule is CCCCCCCC/C=C/CCCCCCCCCC(CC(=O)NC(CO)C(O)CCCCCCCCCCCCCCCCCCC)OC(=O)CCCCCCCCCCCC. The average molecular weight is 891 g/mol. The molecule has 0 aromatic rings. The number of allylic oxidation sites excluding steroid dienone is 2. The van der Waals surface area contributed by atoms with Crippen LogP contribution >= 0.6 is 0 Å². The zero-order valence-electron chi connectivity index (χ0n) is 42.7. The smallest absolute Gasteiger partial charge is 0.306 e. The number of aliphatic hydroxyl groups is 2. The minimum absolute atomic E-state index is 0.0818. The van der Waals surface area contributed by atoms with Gasteiger partial charge in [-0.05, 0) is 51.4 Å². The van der Waals surface area contributed by atoms with Gasteiger partial charge in [-0.25, -0.2) is 0 Å². The van der Waals surface area contributed by atoms with Crippen LogP contribution < -0.4 is 5.32 Å². The summed E-state index contributed by atoms with van der Waals surface area (Å²) in [6.07, 6.45) is 58.5. The topological polar surface area (TPSA) is 95.9 Å². The lowest BCUT2D eigenvalue weighted by Crippen LogP contribution is -2.46. The third kappa shape index (κ3) is 46.9. The lowest BCUT2D eigenvalue weighted by Gasteiger charge is -2.24. The Hall–Kier alpha value is -1.40. The van der Waals surface area contributed by atoms with Crippen molar-refractivity contribution in [1.82, 2.24) is 5.32 Å². The molecule has 6 heteroatoms. The fourth-order valence-electron chi connectivity index (χ4n) is 9.02. The van der Waals surface area contributed by atoms with Gasteiger partial charge >= 0.3 is 5.97 Å². The van der Waals surface area contributed by atoms with Gasteiger partial charge in [0.25, 0.3) is 0 Å². The predicted molar refractivity (Wildman–Crippen MR) is 273 cm³/mol. The van der Waals surface area contributed by atoms with Gasteiger partial charge < -0.3 is 20.3 Å². The second-order valence-corrected chi connectivity index (χ2v) is 19.7. The van der Waals surface area contributed by atoms with Crippen LogP contribution in [0.5, 0.6) is 0 Å². The Bertz CT molecular complexity index is 955. The number of amides is 1. The zero-order chi connectivity index (χ0) is 45.9. The minimum Gasteiger partial charge on any atom is -0.462 e. The first-order chi connectivity index (χ1) is 31.0. The normalized spacial score (nSPS) is 13.2. The molecule has 3 unspecified atom stereocenters. The Morgan fingerprint density at radius 3 is 1.13 bits per heavy atom. The molecule has 0 rings (SSSR count). The van der Waals surface area contributed by atoms with E-state index in [-0.39, 0.29) is 24.9 Å². The second-order valence-electron chi connectivity index (χ2n) is 19.7. The molecular formula is C57H111NO5. The summed E-state index contributed by atoms with van der Waals surface area (Å²) in [4.78, 5) is 26.2. The molecule has 0 aliphatic heterocycles. The molecule has 0 saturated carbocycles. The maximum absolute atomic E-state index is 13.2. The molecule has 0 fully saturated rings. The molecule has 63 heavy (non-hydrogen) atoms. The number of carbonyl (C=O) groups excluding carboxylic acids is 2. The molecule has 1 amide bonds. The van der Waals surface area contributed by atoms with E-state index in [0.717, 1.165) is 51.4 Å². The van der Waals surface area contributed by atoms with Crippen molar-refractivity contribution in [3.05, 3.63) is 12.2 Å². The summed E-state index contributed by atoms with van der Waals surface area (Å²) in [5.41, 5.74) is 0. The van der Waals surface area contributed by atoms with Crippen LogP contribution in [0, 0.1) is 0 Å². The Morgan fingerprint density at radius 1 is 0.444 bits per heavy atom. The lowest BCUT2D eigenvalue weighted by atomic mass is 10.0. The van der Waals surface area contributed by atoms with Crippen molar-refractivity contribution in [3.8, 4) is 0 Å². The Labute approximate surface area is 393 Å². The quantitative estimate of drug-likeness (QED) is 0.0321. The van der Waals surface area contributed by atoms with Crippen molar-refractivity contribution < 1.29 is 24.5 Å². The maximum Gasteiger partial charge on any atom is 0.306 e. The number of unbranched alkanes of at least 4 members (excludes halogenated alkanes) is 38. The fourth-order valence-corrected chi connectivity index (χ4v) is 9.02. The summed E-state index contributed by atoms with van der Waals surface area (Å²) >= 11 is 0. The first kappa shape index (κ1) is 61.6. The summed E-state index contributed by atoms with van der Waals surface area (Å²) in [7, 11) is 0. The number of aliphatic hydroxyl groups excluding tert-OH is 2. The summed E-state index contributed by atoms with van der Waals surface area (Å²) in [6, 6.07) is -0.697. The molecule has 0 radical (unpaired) electrons. The predicted octanol–water partition coefficient (Wildman–Crippen LogP) is 17.3. The Morgan fingerprint density at radius 2 is 0.762 bits per heavy atom. The van der Waals surface area contributed by atoms with Crippen LogP contribution in [0.4, 0.5) is 0 Å². The van der Waals surface area contributed by atoms with Crippen LogP contribution in [0.2, 0.25) is 0 Å². The molecule has 0 saturated heterocycles. The highest BCUT2D eigenvalue weighted by Gasteiger charge is 2.24. The number of esters is 1. The molecule has 6 nitrogen and oxygen atoms in total. The molecule has 0 heterocycles. The van der Waals surface area contributed by atoms with E-state index < -0.39 is 18.2 Å². The number of hydrogen-bond donors (Lipinski definition) is 3. The van der Waals surface area contributed by atoms with E-state index in [1.165, 1.54) is 218 Å². The van der Waals surface area contributed by atoms with Gasteiger partial charge in [-0.2, -0.15) is 0 Å². The molecule has 374 valence electrons. The van der Waals surface area contributed by atoms with E-state index in [4.69, 9.17) is 4.74 Å². The molecule has 0 aromatic carbocycles. The van der Waals surface area contributed by atoms with E-state index >= 15 is 0 Å². The van der Waals surface area contributed by atoms with Crippen LogP contribution in [0.3, 0.4) is 0 Å². The first-order valence-electron chi connectivity index (χ1n) is 28.4. The standard InChI is InChI=1S/C57H111NO5/c1-4-7-10-13-16-19-22-24-26-28-30-32-34-36-39-42-45-48-53(63-57(62)50-47-44-41-38-21-18-15-12-9-6-3)51-56(61)58-54(52-59)55(60)49-46-43-40-37-35-33-31-29-27-25-23-20-17-14-11-8-5-2/h24,26,53-55,59-60H,4-23,25,27-52H2,1-3H3,(H,58,61)/b26-24+. The van der Waals surface area contributed by atoms with Crippen LogP contribution in [0.15, 0.2) is 12.2 Å². The van der Waals surface area contributed by atoms with Crippen molar-refractivity contribution in [2.45, 2.75) is 334 Å². The molecule has 0 spiro atoms. The monoisotopic (exact) mass is 890 g/mol. The van der Waals surface area contributed by atoms with Gasteiger partial charge in [-0.1, -0.05) is 264 Å². The number of carbonyl (C=O) groups is 2. The van der Waals surface area contributed by atoms with Gasteiger partial charge in [0.1, 0.15) is 6.10 Å². The van der Waals surface area contributed by atoms with E-state index in [1.807, 2.05) is 0 Å². The minimum atomic E-state index is -0.784. The van der Waals surface area contributed by atoms with Crippen molar-refractivity contribution >= 4 is 11.9 Å². The second kappa shape index (κ2) is 51.6. The largest absolute Gasteiger partial charge is 0.462 e. The van der Waals surface area contributed by atoms with Crippen LogP contribution in [-0.4, -0.2) is 46.9 Å². The van der Waals surface area contributed by atoms with Gasteiger partial charge in [-0.3, -0.25) is 9.59 Å². The summed E-state index contributed by atoms with van der Waals surface area (Å²) < 4.78 is 5.94. The Balaban J connectivity index is 4.45. The molecule has 3 atom stereocenters. The first-order valence-corrected chi connectivity index (χ1v) is 28.4. The van der Waals surface area contributed by atoms with E-state index in [0.29, 0.717) is 19.3 Å². The molecule has 0 aliphatic carbocycles. The molecule has 0 aromatic heterocycles. The van der Waals surface area contributed by atoms with E-state index in [1.54, 1.807) is 0 Å². The number of ether oxygens (including phenoxy) is 1. The zero-order valence-corrected chi connectivity index (χ0v) is 42.7. The highest BCUT2D eigenvalue weighted by molar-refractivity contribution is 5.77. The van der Waals surface area contributed by atoms with Crippen LogP contribution in [0.1, 0.15) is 316 Å². The number of hydrogen-bond acceptors (Lipinski definition) is 5. The maximum atomic E-state index is 13.2. The van der Waals surface area contributed by atoms with Crippen molar-refractivity contribution in [3.63, 3.8) is 0 Å². The van der Waals surface area contributed by atoms with Crippen molar-refractivity contribution in [2.75, 3.05) is 6.61 Å². The van der Waals surface area contributed by atoms with Gasteiger partial charge in [0.15, 0.2) is 0 Å². The van der Waals surface area contributed by atoms with Crippen molar-refractivity contribution in [1.29, 1.82) is 0 Å².